The van der Waals surface area contributed by atoms with E-state index >= 15 is 0 Å². The van der Waals surface area contributed by atoms with Crippen LogP contribution in [-0.4, -0.2) is 41.8 Å². The lowest BCUT2D eigenvalue weighted by Gasteiger charge is -2.23. The molecule has 0 aromatic heterocycles. The lowest BCUT2D eigenvalue weighted by atomic mass is 10.1. The van der Waals surface area contributed by atoms with Gasteiger partial charge >= 0.3 is 6.03 Å². The summed E-state index contributed by atoms with van der Waals surface area (Å²) in [7, 11) is 0. The standard InChI is InChI=1S/C14H20N2O2/c1-11(2)15-8-9-16(14(15)18)13-6-4-3-5-12(13)7-10-17/h3-6,11,17H,7-10H2,1-2H3. The Morgan fingerprint density at radius 1 is 1.28 bits per heavy atom. The summed E-state index contributed by atoms with van der Waals surface area (Å²) < 4.78 is 0. The minimum absolute atomic E-state index is 0.0652. The first-order valence-corrected chi connectivity index (χ1v) is 6.42. The molecule has 1 N–H and O–H groups in total. The van der Waals surface area contributed by atoms with Gasteiger partial charge in [-0.3, -0.25) is 4.90 Å². The van der Waals surface area contributed by atoms with Gasteiger partial charge in [0.2, 0.25) is 0 Å². The predicted molar refractivity (Wildman–Crippen MR) is 71.8 cm³/mol. The van der Waals surface area contributed by atoms with Gasteiger partial charge in [0, 0.05) is 31.4 Å². The van der Waals surface area contributed by atoms with Crippen LogP contribution in [0.1, 0.15) is 19.4 Å². The third-order valence-corrected chi connectivity index (χ3v) is 3.33. The van der Waals surface area contributed by atoms with Gasteiger partial charge in [-0.2, -0.15) is 0 Å². The molecule has 0 spiro atoms. The Labute approximate surface area is 108 Å². The third-order valence-electron chi connectivity index (χ3n) is 3.33. The van der Waals surface area contributed by atoms with Crippen LogP contribution in [0.3, 0.4) is 0 Å². The highest BCUT2D eigenvalue weighted by molar-refractivity contribution is 5.95. The molecular formula is C14H20N2O2. The van der Waals surface area contributed by atoms with Crippen LogP contribution in [0.2, 0.25) is 0 Å². The first-order valence-electron chi connectivity index (χ1n) is 6.42. The molecule has 18 heavy (non-hydrogen) atoms. The number of carbonyl (C=O) groups excluding carboxylic acids is 1. The van der Waals surface area contributed by atoms with Crippen LogP contribution in [0.4, 0.5) is 10.5 Å². The van der Waals surface area contributed by atoms with Crippen molar-refractivity contribution in [3.8, 4) is 0 Å². The summed E-state index contributed by atoms with van der Waals surface area (Å²) >= 11 is 0. The van der Waals surface area contributed by atoms with Gasteiger partial charge in [0.1, 0.15) is 0 Å². The van der Waals surface area contributed by atoms with Crippen molar-refractivity contribution in [1.29, 1.82) is 0 Å². The van der Waals surface area contributed by atoms with Crippen molar-refractivity contribution in [3.63, 3.8) is 0 Å². The molecule has 0 bridgehead atoms. The van der Waals surface area contributed by atoms with Crippen LogP contribution < -0.4 is 4.90 Å². The zero-order valence-corrected chi connectivity index (χ0v) is 11.0. The molecule has 98 valence electrons. The zero-order chi connectivity index (χ0) is 13.1. The lowest BCUT2D eigenvalue weighted by molar-refractivity contribution is 0.209. The van der Waals surface area contributed by atoms with Gasteiger partial charge < -0.3 is 10.0 Å². The molecule has 0 aliphatic carbocycles. The van der Waals surface area contributed by atoms with Crippen LogP contribution in [-0.2, 0) is 6.42 Å². The number of amides is 2. The molecule has 1 saturated heterocycles. The quantitative estimate of drug-likeness (QED) is 0.884. The molecule has 1 aliphatic rings. The molecule has 0 atom stereocenters. The van der Waals surface area contributed by atoms with Crippen molar-refractivity contribution in [1.82, 2.24) is 4.90 Å². The number of anilines is 1. The van der Waals surface area contributed by atoms with Crippen molar-refractivity contribution >= 4 is 11.7 Å². The molecule has 1 fully saturated rings. The third kappa shape index (κ3) is 2.34. The smallest absolute Gasteiger partial charge is 0.324 e. The Morgan fingerprint density at radius 3 is 2.61 bits per heavy atom. The Morgan fingerprint density at radius 2 is 2.00 bits per heavy atom. The number of urea groups is 1. The second-order valence-electron chi connectivity index (χ2n) is 4.82. The van der Waals surface area contributed by atoms with E-state index in [0.717, 1.165) is 24.3 Å². The van der Waals surface area contributed by atoms with Gasteiger partial charge in [0.25, 0.3) is 0 Å². The lowest BCUT2D eigenvalue weighted by Crippen LogP contribution is -2.36. The molecule has 0 unspecified atom stereocenters. The number of nitrogens with zero attached hydrogens (tertiary/aromatic N) is 2. The van der Waals surface area contributed by atoms with E-state index in [4.69, 9.17) is 5.11 Å². The van der Waals surface area contributed by atoms with Gasteiger partial charge in [-0.1, -0.05) is 18.2 Å². The Balaban J connectivity index is 2.25. The molecule has 0 saturated carbocycles. The van der Waals surface area contributed by atoms with E-state index in [1.54, 1.807) is 0 Å². The highest BCUT2D eigenvalue weighted by Gasteiger charge is 2.31. The average molecular weight is 248 g/mol. The fourth-order valence-corrected chi connectivity index (χ4v) is 2.36. The SMILES string of the molecule is CC(C)N1CCN(c2ccccc2CCO)C1=O. The molecule has 1 aromatic carbocycles. The number of benzene rings is 1. The maximum absolute atomic E-state index is 12.3. The summed E-state index contributed by atoms with van der Waals surface area (Å²) in [5, 5.41) is 9.08. The molecule has 2 amide bonds. The molecule has 1 aromatic rings. The van der Waals surface area contributed by atoms with Gasteiger partial charge in [-0.05, 0) is 31.9 Å². The van der Waals surface area contributed by atoms with Gasteiger partial charge in [0.05, 0.1) is 0 Å². The van der Waals surface area contributed by atoms with E-state index in [1.807, 2.05) is 47.9 Å². The number of aliphatic hydroxyl groups is 1. The van der Waals surface area contributed by atoms with E-state index in [0.29, 0.717) is 6.42 Å². The molecule has 1 aliphatic heterocycles. The van der Waals surface area contributed by atoms with Crippen LogP contribution in [0.5, 0.6) is 0 Å². The Hall–Kier alpha value is -1.55. The molecule has 0 radical (unpaired) electrons. The normalized spacial score (nSPS) is 15.9. The highest BCUT2D eigenvalue weighted by atomic mass is 16.3. The van der Waals surface area contributed by atoms with Crippen molar-refractivity contribution in [2.24, 2.45) is 0 Å². The number of carbonyl (C=O) groups is 1. The van der Waals surface area contributed by atoms with Gasteiger partial charge in [0.15, 0.2) is 0 Å². The van der Waals surface area contributed by atoms with E-state index in [9.17, 15) is 4.79 Å². The van der Waals surface area contributed by atoms with Crippen LogP contribution in [0.15, 0.2) is 24.3 Å². The maximum atomic E-state index is 12.3. The largest absolute Gasteiger partial charge is 0.396 e. The Bertz CT molecular complexity index is 432. The molecule has 2 rings (SSSR count). The topological polar surface area (TPSA) is 43.8 Å². The highest BCUT2D eigenvalue weighted by Crippen LogP contribution is 2.25. The second kappa shape index (κ2) is 5.40. The molecule has 1 heterocycles. The fraction of sp³-hybridized carbons (Fsp3) is 0.500. The predicted octanol–water partition coefficient (Wildman–Crippen LogP) is 1.87. The number of hydrogen-bond acceptors (Lipinski definition) is 2. The number of aliphatic hydroxyl groups excluding tert-OH is 1. The number of para-hydroxylation sites is 1. The van der Waals surface area contributed by atoms with Crippen molar-refractivity contribution in [2.75, 3.05) is 24.6 Å². The first kappa shape index (κ1) is 12.9. The second-order valence-corrected chi connectivity index (χ2v) is 4.82. The van der Waals surface area contributed by atoms with Crippen LogP contribution in [0.25, 0.3) is 0 Å². The monoisotopic (exact) mass is 248 g/mol. The van der Waals surface area contributed by atoms with Crippen molar-refractivity contribution < 1.29 is 9.90 Å². The summed E-state index contributed by atoms with van der Waals surface area (Å²) in [6, 6.07) is 8.09. The van der Waals surface area contributed by atoms with Crippen LogP contribution in [0, 0.1) is 0 Å². The Kier molecular flexibility index (Phi) is 3.87. The van der Waals surface area contributed by atoms with Crippen LogP contribution >= 0.6 is 0 Å². The minimum atomic E-state index is 0.0652. The summed E-state index contributed by atoms with van der Waals surface area (Å²) in [5.74, 6) is 0. The van der Waals surface area contributed by atoms with E-state index in [1.165, 1.54) is 0 Å². The van der Waals surface area contributed by atoms with Crippen molar-refractivity contribution in [3.05, 3.63) is 29.8 Å². The summed E-state index contributed by atoms with van der Waals surface area (Å²) in [6.07, 6.45) is 0.585. The summed E-state index contributed by atoms with van der Waals surface area (Å²) in [5.41, 5.74) is 1.96. The first-order chi connectivity index (χ1) is 8.65. The molecular weight excluding hydrogens is 228 g/mol. The summed E-state index contributed by atoms with van der Waals surface area (Å²) in [6.45, 7) is 5.65. The van der Waals surface area contributed by atoms with Gasteiger partial charge in [-0.15, -0.1) is 0 Å². The average Bonchev–Trinajstić information content (AvgIpc) is 2.72. The van der Waals surface area contributed by atoms with E-state index in [-0.39, 0.29) is 18.7 Å². The van der Waals surface area contributed by atoms with Crippen molar-refractivity contribution in [2.45, 2.75) is 26.3 Å². The maximum Gasteiger partial charge on any atom is 0.324 e. The summed E-state index contributed by atoms with van der Waals surface area (Å²) in [4.78, 5) is 16.0. The molecule has 4 heteroatoms. The fourth-order valence-electron chi connectivity index (χ4n) is 2.36. The number of hydrogen-bond donors (Lipinski definition) is 1. The van der Waals surface area contributed by atoms with E-state index in [2.05, 4.69) is 0 Å². The van der Waals surface area contributed by atoms with Gasteiger partial charge in [-0.25, -0.2) is 4.79 Å². The molecule has 4 nitrogen and oxygen atoms in total. The number of rotatable bonds is 4. The minimum Gasteiger partial charge on any atom is -0.396 e. The zero-order valence-electron chi connectivity index (χ0n) is 11.0. The van der Waals surface area contributed by atoms with E-state index < -0.39 is 0 Å².